The van der Waals surface area contributed by atoms with E-state index in [9.17, 15) is 0 Å². The molecule has 1 aliphatic carbocycles. The molecule has 1 atom stereocenters. The standard InChI is InChI=1S/C19H30N2/c1-15-8-10-21(11-9-15)14-19(13-20)18-7-6-16-4-2-3-5-17(16)12-18/h6-7,12,15,19H,2-5,8-11,13-14,20H2,1H3. The van der Waals surface area contributed by atoms with Crippen molar-refractivity contribution in [3.05, 3.63) is 34.9 Å². The van der Waals surface area contributed by atoms with E-state index in [2.05, 4.69) is 30.0 Å². The van der Waals surface area contributed by atoms with E-state index in [1.54, 1.807) is 11.1 Å². The molecule has 116 valence electrons. The Kier molecular flexibility index (Phi) is 4.97. The maximum atomic E-state index is 6.10. The number of nitrogens with two attached hydrogens (primary N) is 1. The molecule has 1 unspecified atom stereocenters. The van der Waals surface area contributed by atoms with Crippen molar-refractivity contribution in [3.63, 3.8) is 0 Å². The number of hydrogen-bond donors (Lipinski definition) is 1. The lowest BCUT2D eigenvalue weighted by Gasteiger charge is -2.33. The number of aryl methyl sites for hydroxylation is 2. The number of hydrogen-bond acceptors (Lipinski definition) is 2. The Morgan fingerprint density at radius 2 is 1.86 bits per heavy atom. The predicted molar refractivity (Wildman–Crippen MR) is 89.7 cm³/mol. The van der Waals surface area contributed by atoms with Gasteiger partial charge in [-0.2, -0.15) is 0 Å². The molecular formula is C19H30N2. The molecule has 21 heavy (non-hydrogen) atoms. The summed E-state index contributed by atoms with van der Waals surface area (Å²) in [4.78, 5) is 2.62. The number of piperidine rings is 1. The SMILES string of the molecule is CC1CCN(CC(CN)c2ccc3c(c2)CCCC3)CC1. The van der Waals surface area contributed by atoms with Crippen LogP contribution >= 0.6 is 0 Å². The molecule has 1 aromatic rings. The summed E-state index contributed by atoms with van der Waals surface area (Å²) in [5, 5.41) is 0. The largest absolute Gasteiger partial charge is 0.330 e. The Morgan fingerprint density at radius 1 is 1.14 bits per heavy atom. The van der Waals surface area contributed by atoms with E-state index < -0.39 is 0 Å². The van der Waals surface area contributed by atoms with Gasteiger partial charge in [0.25, 0.3) is 0 Å². The molecule has 0 bridgehead atoms. The van der Waals surface area contributed by atoms with Crippen LogP contribution in [0.1, 0.15) is 55.2 Å². The molecule has 2 aliphatic rings. The molecule has 1 aromatic carbocycles. The normalized spacial score (nSPS) is 22.0. The molecule has 1 aliphatic heterocycles. The molecule has 0 spiro atoms. The maximum absolute atomic E-state index is 6.10. The van der Waals surface area contributed by atoms with Crippen molar-refractivity contribution in [3.8, 4) is 0 Å². The Labute approximate surface area is 129 Å². The van der Waals surface area contributed by atoms with Crippen LogP contribution in [0.3, 0.4) is 0 Å². The van der Waals surface area contributed by atoms with Gasteiger partial charge in [-0.3, -0.25) is 0 Å². The second kappa shape index (κ2) is 6.93. The van der Waals surface area contributed by atoms with Crippen LogP contribution < -0.4 is 5.73 Å². The average molecular weight is 286 g/mol. The molecule has 2 N–H and O–H groups in total. The zero-order valence-electron chi connectivity index (χ0n) is 13.5. The van der Waals surface area contributed by atoms with Crippen molar-refractivity contribution in [2.75, 3.05) is 26.2 Å². The van der Waals surface area contributed by atoms with Crippen molar-refractivity contribution >= 4 is 0 Å². The number of fused-ring (bicyclic) bond motifs is 1. The smallest absolute Gasteiger partial charge is 0.00889 e. The third kappa shape index (κ3) is 3.67. The van der Waals surface area contributed by atoms with Gasteiger partial charge in [-0.05, 0) is 74.2 Å². The van der Waals surface area contributed by atoms with Gasteiger partial charge in [0.1, 0.15) is 0 Å². The highest BCUT2D eigenvalue weighted by atomic mass is 15.1. The molecule has 1 fully saturated rings. The number of likely N-dealkylation sites (tertiary alicyclic amines) is 1. The van der Waals surface area contributed by atoms with Crippen LogP contribution in [0.15, 0.2) is 18.2 Å². The monoisotopic (exact) mass is 286 g/mol. The zero-order chi connectivity index (χ0) is 14.7. The van der Waals surface area contributed by atoms with Crippen molar-refractivity contribution in [2.45, 2.75) is 51.4 Å². The first-order chi connectivity index (χ1) is 10.3. The molecule has 0 saturated carbocycles. The summed E-state index contributed by atoms with van der Waals surface area (Å²) in [5.41, 5.74) is 10.7. The minimum absolute atomic E-state index is 0.505. The Bertz CT molecular complexity index is 461. The van der Waals surface area contributed by atoms with Gasteiger partial charge in [0.2, 0.25) is 0 Å². The second-order valence-corrected chi connectivity index (χ2v) is 7.15. The van der Waals surface area contributed by atoms with Crippen LogP contribution in [0.4, 0.5) is 0 Å². The first-order valence-corrected chi connectivity index (χ1v) is 8.80. The van der Waals surface area contributed by atoms with Crippen molar-refractivity contribution in [1.82, 2.24) is 4.90 Å². The van der Waals surface area contributed by atoms with E-state index in [1.165, 1.54) is 57.2 Å². The molecular weight excluding hydrogens is 256 g/mol. The Hall–Kier alpha value is -0.860. The highest BCUT2D eigenvalue weighted by Gasteiger charge is 2.20. The van der Waals surface area contributed by atoms with Gasteiger partial charge in [-0.1, -0.05) is 25.1 Å². The summed E-state index contributed by atoms with van der Waals surface area (Å²) in [7, 11) is 0. The molecule has 0 amide bonds. The highest BCUT2D eigenvalue weighted by Crippen LogP contribution is 2.27. The lowest BCUT2D eigenvalue weighted by atomic mass is 9.87. The third-order valence-corrected chi connectivity index (χ3v) is 5.48. The minimum atomic E-state index is 0.505. The van der Waals surface area contributed by atoms with E-state index in [0.29, 0.717) is 5.92 Å². The molecule has 1 heterocycles. The van der Waals surface area contributed by atoms with Crippen LogP contribution in [-0.4, -0.2) is 31.1 Å². The maximum Gasteiger partial charge on any atom is 0.00889 e. The molecule has 2 nitrogen and oxygen atoms in total. The van der Waals surface area contributed by atoms with Gasteiger partial charge in [0, 0.05) is 19.0 Å². The van der Waals surface area contributed by atoms with Gasteiger partial charge < -0.3 is 10.6 Å². The van der Waals surface area contributed by atoms with Crippen molar-refractivity contribution in [1.29, 1.82) is 0 Å². The zero-order valence-corrected chi connectivity index (χ0v) is 13.5. The fraction of sp³-hybridized carbons (Fsp3) is 0.684. The predicted octanol–water partition coefficient (Wildman–Crippen LogP) is 3.34. The minimum Gasteiger partial charge on any atom is -0.330 e. The lowest BCUT2D eigenvalue weighted by molar-refractivity contribution is 0.183. The van der Waals surface area contributed by atoms with E-state index in [0.717, 1.165) is 19.0 Å². The molecule has 0 aromatic heterocycles. The molecule has 0 radical (unpaired) electrons. The van der Waals surface area contributed by atoms with Crippen LogP contribution in [0.5, 0.6) is 0 Å². The first-order valence-electron chi connectivity index (χ1n) is 8.80. The molecule has 1 saturated heterocycles. The van der Waals surface area contributed by atoms with E-state index in [-0.39, 0.29) is 0 Å². The summed E-state index contributed by atoms with van der Waals surface area (Å²) < 4.78 is 0. The summed E-state index contributed by atoms with van der Waals surface area (Å²) in [6, 6.07) is 7.16. The van der Waals surface area contributed by atoms with Crippen molar-refractivity contribution in [2.24, 2.45) is 11.7 Å². The summed E-state index contributed by atoms with van der Waals surface area (Å²) in [6.45, 7) is 6.79. The Morgan fingerprint density at radius 3 is 2.57 bits per heavy atom. The van der Waals surface area contributed by atoms with Gasteiger partial charge in [0.05, 0.1) is 0 Å². The number of rotatable bonds is 4. The fourth-order valence-electron chi connectivity index (χ4n) is 3.88. The van der Waals surface area contributed by atoms with Crippen LogP contribution in [-0.2, 0) is 12.8 Å². The second-order valence-electron chi connectivity index (χ2n) is 7.15. The number of benzene rings is 1. The van der Waals surface area contributed by atoms with E-state index >= 15 is 0 Å². The average Bonchev–Trinajstić information content (AvgIpc) is 2.54. The van der Waals surface area contributed by atoms with Crippen LogP contribution in [0, 0.1) is 5.92 Å². The summed E-state index contributed by atoms with van der Waals surface area (Å²) in [6.07, 6.45) is 7.95. The van der Waals surface area contributed by atoms with Gasteiger partial charge in [-0.25, -0.2) is 0 Å². The molecule has 2 heteroatoms. The Balaban J connectivity index is 1.68. The first kappa shape index (κ1) is 15.1. The van der Waals surface area contributed by atoms with Crippen LogP contribution in [0.25, 0.3) is 0 Å². The van der Waals surface area contributed by atoms with E-state index in [4.69, 9.17) is 5.73 Å². The third-order valence-electron chi connectivity index (χ3n) is 5.48. The number of nitrogens with zero attached hydrogens (tertiary/aromatic N) is 1. The summed E-state index contributed by atoms with van der Waals surface area (Å²) in [5.74, 6) is 1.41. The molecule has 3 rings (SSSR count). The van der Waals surface area contributed by atoms with Crippen molar-refractivity contribution < 1.29 is 0 Å². The topological polar surface area (TPSA) is 29.3 Å². The van der Waals surface area contributed by atoms with Crippen LogP contribution in [0.2, 0.25) is 0 Å². The fourth-order valence-corrected chi connectivity index (χ4v) is 3.88. The summed E-state index contributed by atoms with van der Waals surface area (Å²) >= 11 is 0. The highest BCUT2D eigenvalue weighted by molar-refractivity contribution is 5.35. The lowest BCUT2D eigenvalue weighted by Crippen LogP contribution is -2.37. The van der Waals surface area contributed by atoms with Gasteiger partial charge >= 0.3 is 0 Å². The van der Waals surface area contributed by atoms with Gasteiger partial charge in [-0.15, -0.1) is 0 Å². The van der Waals surface area contributed by atoms with Gasteiger partial charge in [0.15, 0.2) is 0 Å². The van der Waals surface area contributed by atoms with E-state index in [1.807, 2.05) is 0 Å². The quantitative estimate of drug-likeness (QED) is 0.920.